The Labute approximate surface area is 137 Å². The Balaban J connectivity index is 2.02. The van der Waals surface area contributed by atoms with Crippen molar-refractivity contribution in [1.29, 1.82) is 5.26 Å². The summed E-state index contributed by atoms with van der Waals surface area (Å²) in [4.78, 5) is 0. The Bertz CT molecular complexity index is 608. The van der Waals surface area contributed by atoms with Crippen LogP contribution in [-0.2, 0) is 5.54 Å². The Morgan fingerprint density at radius 2 is 2.00 bits per heavy atom. The van der Waals surface area contributed by atoms with E-state index in [0.717, 1.165) is 20.0 Å². The van der Waals surface area contributed by atoms with Crippen molar-refractivity contribution >= 4 is 34.9 Å². The highest BCUT2D eigenvalue weighted by Gasteiger charge is 2.29. The van der Waals surface area contributed by atoms with E-state index < -0.39 is 5.54 Å². The van der Waals surface area contributed by atoms with Gasteiger partial charge < -0.3 is 0 Å². The maximum atomic E-state index is 9.62. The van der Waals surface area contributed by atoms with Gasteiger partial charge >= 0.3 is 0 Å². The minimum atomic E-state index is -0.652. The molecule has 0 saturated carbocycles. The highest BCUT2D eigenvalue weighted by Crippen LogP contribution is 2.31. The fourth-order valence-electron chi connectivity index (χ4n) is 1.94. The van der Waals surface area contributed by atoms with Crippen molar-refractivity contribution in [2.75, 3.05) is 19.1 Å². The number of benzene rings is 1. The summed E-state index contributed by atoms with van der Waals surface area (Å²) >= 11 is 4.85. The molecule has 1 aromatic heterocycles. The van der Waals surface area contributed by atoms with Crippen molar-refractivity contribution in [1.82, 2.24) is 15.5 Å². The van der Waals surface area contributed by atoms with E-state index in [4.69, 9.17) is 0 Å². The first kappa shape index (κ1) is 16.3. The van der Waals surface area contributed by atoms with Crippen LogP contribution >= 0.6 is 34.9 Å². The minimum absolute atomic E-state index is 0.652. The number of nitriles is 1. The maximum absolute atomic E-state index is 9.62. The SMILES string of the molecule is CNC(C#N)(CCSc1nnc(SC)s1)c1ccccc1. The highest BCUT2D eigenvalue weighted by atomic mass is 32.2. The third-order valence-corrected chi connectivity index (χ3v) is 6.18. The first-order chi connectivity index (χ1) is 10.2. The molecule has 1 N–H and O–H groups in total. The van der Waals surface area contributed by atoms with E-state index in [1.165, 1.54) is 0 Å². The molecule has 4 nitrogen and oxygen atoms in total. The number of rotatable bonds is 7. The topological polar surface area (TPSA) is 61.6 Å². The number of nitrogens with one attached hydrogen (secondary N) is 1. The third-order valence-electron chi connectivity index (χ3n) is 3.15. The fourth-order valence-corrected chi connectivity index (χ4v) is 4.51. The van der Waals surface area contributed by atoms with Crippen LogP contribution in [0.1, 0.15) is 12.0 Å². The van der Waals surface area contributed by atoms with E-state index in [2.05, 4.69) is 21.6 Å². The molecule has 0 bridgehead atoms. The average Bonchev–Trinajstić information content (AvgIpc) is 3.01. The predicted octanol–water partition coefficient (Wildman–Crippen LogP) is 3.38. The van der Waals surface area contributed by atoms with Crippen molar-refractivity contribution in [3.63, 3.8) is 0 Å². The highest BCUT2D eigenvalue weighted by molar-refractivity contribution is 8.02. The first-order valence-corrected chi connectivity index (χ1v) is 9.43. The smallest absolute Gasteiger partial charge is 0.175 e. The molecular weight excluding hydrogens is 320 g/mol. The lowest BCUT2D eigenvalue weighted by atomic mass is 9.89. The second-order valence-corrected chi connectivity index (χ2v) is 7.64. The van der Waals surface area contributed by atoms with Crippen molar-refractivity contribution in [3.05, 3.63) is 35.9 Å². The molecule has 2 rings (SSSR count). The van der Waals surface area contributed by atoms with Crippen molar-refractivity contribution < 1.29 is 0 Å². The van der Waals surface area contributed by atoms with Gasteiger partial charge in [-0.1, -0.05) is 65.2 Å². The summed E-state index contributed by atoms with van der Waals surface area (Å²) in [6.45, 7) is 0. The van der Waals surface area contributed by atoms with Gasteiger partial charge in [-0.15, -0.1) is 10.2 Å². The summed E-state index contributed by atoms with van der Waals surface area (Å²) in [6.07, 6.45) is 2.70. The number of nitrogens with zero attached hydrogens (tertiary/aromatic N) is 3. The van der Waals surface area contributed by atoms with Crippen LogP contribution in [0.3, 0.4) is 0 Å². The lowest BCUT2D eigenvalue weighted by Crippen LogP contribution is -2.39. The molecule has 2 aromatic rings. The Hall–Kier alpha value is -1.07. The maximum Gasteiger partial charge on any atom is 0.175 e. The summed E-state index contributed by atoms with van der Waals surface area (Å²) in [5.41, 5.74) is 0.346. The van der Waals surface area contributed by atoms with E-state index in [0.29, 0.717) is 6.42 Å². The average molecular weight is 337 g/mol. The predicted molar refractivity (Wildman–Crippen MR) is 89.8 cm³/mol. The summed E-state index contributed by atoms with van der Waals surface area (Å²) in [6, 6.07) is 12.3. The Morgan fingerprint density at radius 1 is 1.29 bits per heavy atom. The quantitative estimate of drug-likeness (QED) is 0.782. The molecule has 0 fully saturated rings. The lowest BCUT2D eigenvalue weighted by molar-refractivity contribution is 0.457. The monoisotopic (exact) mass is 336 g/mol. The van der Waals surface area contributed by atoms with Crippen molar-refractivity contribution in [2.24, 2.45) is 0 Å². The van der Waals surface area contributed by atoms with Gasteiger partial charge in [0.05, 0.1) is 6.07 Å². The molecule has 0 aliphatic rings. The van der Waals surface area contributed by atoms with E-state index in [9.17, 15) is 5.26 Å². The molecule has 0 aliphatic carbocycles. The summed E-state index contributed by atoms with van der Waals surface area (Å²) < 4.78 is 1.93. The van der Waals surface area contributed by atoms with Gasteiger partial charge in [-0.2, -0.15) is 5.26 Å². The molecule has 0 radical (unpaired) electrons. The van der Waals surface area contributed by atoms with Gasteiger partial charge in [0, 0.05) is 5.75 Å². The van der Waals surface area contributed by atoms with E-state index in [1.807, 2.05) is 43.6 Å². The molecule has 1 heterocycles. The van der Waals surface area contributed by atoms with Gasteiger partial charge in [0.15, 0.2) is 8.68 Å². The summed E-state index contributed by atoms with van der Waals surface area (Å²) in [5, 5.41) is 21.0. The van der Waals surface area contributed by atoms with Gasteiger partial charge in [-0.3, -0.25) is 5.32 Å². The number of thioether (sulfide) groups is 2. The van der Waals surface area contributed by atoms with Crippen molar-refractivity contribution in [3.8, 4) is 6.07 Å². The Morgan fingerprint density at radius 3 is 2.57 bits per heavy atom. The van der Waals surface area contributed by atoms with Gasteiger partial charge in [0.1, 0.15) is 5.54 Å². The summed E-state index contributed by atoms with van der Waals surface area (Å²) in [5.74, 6) is 0.812. The number of hydrogen-bond acceptors (Lipinski definition) is 7. The van der Waals surface area contributed by atoms with Crippen LogP contribution in [0.4, 0.5) is 0 Å². The zero-order valence-corrected chi connectivity index (χ0v) is 14.3. The molecule has 1 unspecified atom stereocenters. The molecule has 7 heteroatoms. The molecule has 0 amide bonds. The lowest BCUT2D eigenvalue weighted by Gasteiger charge is -2.26. The molecule has 0 aliphatic heterocycles. The number of aromatic nitrogens is 2. The zero-order chi connectivity index (χ0) is 15.1. The van der Waals surface area contributed by atoms with E-state index in [1.54, 1.807) is 34.9 Å². The molecule has 0 saturated heterocycles. The molecule has 110 valence electrons. The normalized spacial score (nSPS) is 13.6. The zero-order valence-electron chi connectivity index (χ0n) is 11.9. The minimum Gasteiger partial charge on any atom is -0.299 e. The standard InChI is InChI=1S/C14H16N4S3/c1-16-14(10-15,11-6-4-3-5-7-11)8-9-20-13-18-17-12(19-2)21-13/h3-7,16H,8-9H2,1-2H3. The molecular formula is C14H16N4S3. The molecule has 0 spiro atoms. The van der Waals surface area contributed by atoms with Gasteiger partial charge in [0.2, 0.25) is 0 Å². The molecule has 1 aromatic carbocycles. The van der Waals surface area contributed by atoms with Crippen LogP contribution in [-0.4, -0.2) is 29.3 Å². The largest absolute Gasteiger partial charge is 0.299 e. The molecule has 21 heavy (non-hydrogen) atoms. The van der Waals surface area contributed by atoms with E-state index >= 15 is 0 Å². The number of hydrogen-bond donors (Lipinski definition) is 1. The fraction of sp³-hybridized carbons (Fsp3) is 0.357. The van der Waals surface area contributed by atoms with Crippen LogP contribution in [0.25, 0.3) is 0 Å². The first-order valence-electron chi connectivity index (χ1n) is 6.40. The van der Waals surface area contributed by atoms with Crippen molar-refractivity contribution in [2.45, 2.75) is 20.6 Å². The van der Waals surface area contributed by atoms with Crippen LogP contribution in [0, 0.1) is 11.3 Å². The van der Waals surface area contributed by atoms with Gasteiger partial charge in [0.25, 0.3) is 0 Å². The Kier molecular flexibility index (Phi) is 6.06. The molecule has 1 atom stereocenters. The van der Waals surface area contributed by atoms with Crippen LogP contribution in [0.15, 0.2) is 39.0 Å². The van der Waals surface area contributed by atoms with Gasteiger partial charge in [-0.25, -0.2) is 0 Å². The second kappa shape index (κ2) is 7.80. The van der Waals surface area contributed by atoms with Crippen LogP contribution < -0.4 is 5.32 Å². The van der Waals surface area contributed by atoms with Gasteiger partial charge in [-0.05, 0) is 25.3 Å². The third kappa shape index (κ3) is 3.98. The second-order valence-electron chi connectivity index (χ2n) is 4.27. The van der Waals surface area contributed by atoms with Crippen LogP contribution in [0.5, 0.6) is 0 Å². The van der Waals surface area contributed by atoms with Crippen LogP contribution in [0.2, 0.25) is 0 Å². The van der Waals surface area contributed by atoms with E-state index in [-0.39, 0.29) is 0 Å². The summed E-state index contributed by atoms with van der Waals surface area (Å²) in [7, 11) is 1.83.